The molecule has 1 aliphatic heterocycles. The summed E-state index contributed by atoms with van der Waals surface area (Å²) in [6.45, 7) is 4.69. The summed E-state index contributed by atoms with van der Waals surface area (Å²) in [5.74, 6) is 0.419. The molecule has 1 aliphatic rings. The van der Waals surface area contributed by atoms with E-state index in [1.165, 1.54) is 18.6 Å². The molecule has 8 heteroatoms. The standard InChI is InChI=1S/C17H21N5O3/c1-11-15(25-12(2)20-11)17(24)22-8-3-4-13(5-9-22)21-16(23)14-10-18-6-7-19-14/h6-7,10,13H,3-5,8-9H2,1-2H3,(H,21,23)/t13-/m0/s1. The molecule has 132 valence electrons. The highest BCUT2D eigenvalue weighted by atomic mass is 16.4. The number of carbonyl (C=O) groups excluding carboxylic acids is 2. The molecule has 0 bridgehead atoms. The zero-order valence-corrected chi connectivity index (χ0v) is 14.4. The quantitative estimate of drug-likeness (QED) is 0.906. The van der Waals surface area contributed by atoms with Gasteiger partial charge in [-0.1, -0.05) is 0 Å². The Morgan fingerprint density at radius 1 is 1.24 bits per heavy atom. The SMILES string of the molecule is Cc1nc(C)c(C(=O)N2CCC[C@H](NC(=O)c3cnccn3)CC2)o1. The summed E-state index contributed by atoms with van der Waals surface area (Å²) in [5.41, 5.74) is 0.909. The van der Waals surface area contributed by atoms with Gasteiger partial charge in [-0.05, 0) is 26.2 Å². The Balaban J connectivity index is 1.60. The van der Waals surface area contributed by atoms with Gasteiger partial charge in [0.25, 0.3) is 11.8 Å². The van der Waals surface area contributed by atoms with Crippen molar-refractivity contribution >= 4 is 11.8 Å². The monoisotopic (exact) mass is 343 g/mol. The molecule has 1 saturated heterocycles. The van der Waals surface area contributed by atoms with Crippen LogP contribution in [0.2, 0.25) is 0 Å². The van der Waals surface area contributed by atoms with Crippen LogP contribution >= 0.6 is 0 Å². The molecule has 1 atom stereocenters. The maximum absolute atomic E-state index is 12.6. The van der Waals surface area contributed by atoms with E-state index in [0.717, 1.165) is 12.8 Å². The number of amides is 2. The van der Waals surface area contributed by atoms with Crippen molar-refractivity contribution in [3.63, 3.8) is 0 Å². The van der Waals surface area contributed by atoms with Gasteiger partial charge >= 0.3 is 0 Å². The first-order valence-electron chi connectivity index (χ1n) is 8.35. The van der Waals surface area contributed by atoms with Gasteiger partial charge in [-0.3, -0.25) is 14.6 Å². The Kier molecular flexibility index (Phi) is 5.06. The number of hydrogen-bond donors (Lipinski definition) is 1. The molecule has 0 aliphatic carbocycles. The lowest BCUT2D eigenvalue weighted by molar-refractivity contribution is 0.0726. The molecule has 25 heavy (non-hydrogen) atoms. The van der Waals surface area contributed by atoms with E-state index in [1.54, 1.807) is 18.7 Å². The van der Waals surface area contributed by atoms with Gasteiger partial charge in [0, 0.05) is 38.4 Å². The van der Waals surface area contributed by atoms with Crippen LogP contribution in [0.3, 0.4) is 0 Å². The maximum Gasteiger partial charge on any atom is 0.291 e. The van der Waals surface area contributed by atoms with E-state index in [2.05, 4.69) is 20.3 Å². The summed E-state index contributed by atoms with van der Waals surface area (Å²) in [5, 5.41) is 2.97. The summed E-state index contributed by atoms with van der Waals surface area (Å²) in [7, 11) is 0. The molecular weight excluding hydrogens is 322 g/mol. The Hall–Kier alpha value is -2.77. The van der Waals surface area contributed by atoms with Crippen LogP contribution < -0.4 is 5.32 Å². The van der Waals surface area contributed by atoms with Crippen molar-refractivity contribution in [2.75, 3.05) is 13.1 Å². The van der Waals surface area contributed by atoms with Crippen LogP contribution in [0.5, 0.6) is 0 Å². The number of nitrogens with one attached hydrogen (secondary N) is 1. The second-order valence-electron chi connectivity index (χ2n) is 6.13. The highest BCUT2D eigenvalue weighted by molar-refractivity contribution is 5.93. The van der Waals surface area contributed by atoms with Crippen molar-refractivity contribution in [3.05, 3.63) is 41.6 Å². The third-order valence-electron chi connectivity index (χ3n) is 4.24. The summed E-state index contributed by atoms with van der Waals surface area (Å²) < 4.78 is 5.43. The van der Waals surface area contributed by atoms with Crippen molar-refractivity contribution in [1.29, 1.82) is 0 Å². The van der Waals surface area contributed by atoms with E-state index < -0.39 is 0 Å². The molecule has 3 rings (SSSR count). The molecule has 0 radical (unpaired) electrons. The third-order valence-corrected chi connectivity index (χ3v) is 4.24. The summed E-state index contributed by atoms with van der Waals surface area (Å²) in [6.07, 6.45) is 6.76. The number of hydrogen-bond acceptors (Lipinski definition) is 6. The number of aromatic nitrogens is 3. The van der Waals surface area contributed by atoms with E-state index >= 15 is 0 Å². The van der Waals surface area contributed by atoms with Crippen LogP contribution in [0, 0.1) is 13.8 Å². The number of oxazole rings is 1. The number of likely N-dealkylation sites (tertiary alicyclic amines) is 1. The van der Waals surface area contributed by atoms with Gasteiger partial charge in [0.15, 0.2) is 5.89 Å². The predicted molar refractivity (Wildman–Crippen MR) is 89.0 cm³/mol. The van der Waals surface area contributed by atoms with E-state index in [-0.39, 0.29) is 17.9 Å². The van der Waals surface area contributed by atoms with Crippen LogP contribution in [-0.4, -0.2) is 50.8 Å². The molecular formula is C17H21N5O3. The Morgan fingerprint density at radius 3 is 2.76 bits per heavy atom. The fourth-order valence-electron chi connectivity index (χ4n) is 2.99. The number of nitrogens with zero attached hydrogens (tertiary/aromatic N) is 4. The van der Waals surface area contributed by atoms with Crippen molar-refractivity contribution in [2.45, 2.75) is 39.2 Å². The molecule has 1 N–H and O–H groups in total. The van der Waals surface area contributed by atoms with E-state index in [9.17, 15) is 9.59 Å². The third kappa shape index (κ3) is 4.01. The zero-order chi connectivity index (χ0) is 17.8. The average molecular weight is 343 g/mol. The van der Waals surface area contributed by atoms with E-state index in [1.807, 2.05) is 0 Å². The van der Waals surface area contributed by atoms with Crippen LogP contribution in [0.15, 0.2) is 23.0 Å². The molecule has 0 saturated carbocycles. The smallest absolute Gasteiger partial charge is 0.291 e. The largest absolute Gasteiger partial charge is 0.436 e. The molecule has 0 aromatic carbocycles. The lowest BCUT2D eigenvalue weighted by atomic mass is 10.1. The second kappa shape index (κ2) is 7.42. The van der Waals surface area contributed by atoms with E-state index in [4.69, 9.17) is 4.42 Å². The number of carbonyl (C=O) groups is 2. The van der Waals surface area contributed by atoms with Crippen molar-refractivity contribution in [3.8, 4) is 0 Å². The molecule has 2 amide bonds. The molecule has 8 nitrogen and oxygen atoms in total. The first kappa shape index (κ1) is 17.1. The molecule has 1 fully saturated rings. The first-order valence-corrected chi connectivity index (χ1v) is 8.35. The molecule has 3 heterocycles. The number of aryl methyl sites for hydroxylation is 2. The summed E-state index contributed by atoms with van der Waals surface area (Å²) in [6, 6.07) is 0.00450. The van der Waals surface area contributed by atoms with E-state index in [0.29, 0.717) is 42.5 Å². The zero-order valence-electron chi connectivity index (χ0n) is 14.4. The van der Waals surface area contributed by atoms with Crippen molar-refractivity contribution in [1.82, 2.24) is 25.2 Å². The summed E-state index contributed by atoms with van der Waals surface area (Å²) in [4.78, 5) is 38.6. The predicted octanol–water partition coefficient (Wildman–Crippen LogP) is 1.51. The minimum Gasteiger partial charge on any atom is -0.436 e. The maximum atomic E-state index is 12.6. The molecule has 0 spiro atoms. The average Bonchev–Trinajstić information content (AvgIpc) is 2.81. The molecule has 2 aromatic heterocycles. The highest BCUT2D eigenvalue weighted by Crippen LogP contribution is 2.17. The van der Waals surface area contributed by atoms with Gasteiger partial charge in [0.2, 0.25) is 5.76 Å². The molecule has 2 aromatic rings. The first-order chi connectivity index (χ1) is 12.0. The van der Waals surface area contributed by atoms with Gasteiger partial charge in [0.05, 0.1) is 11.9 Å². The van der Waals surface area contributed by atoms with Crippen LogP contribution in [0.25, 0.3) is 0 Å². The lowest BCUT2D eigenvalue weighted by Crippen LogP contribution is -2.37. The van der Waals surface area contributed by atoms with Crippen LogP contribution in [-0.2, 0) is 0 Å². The minimum atomic E-state index is -0.236. The minimum absolute atomic E-state index is 0.00450. The fourth-order valence-corrected chi connectivity index (χ4v) is 2.99. The topological polar surface area (TPSA) is 101 Å². The second-order valence-corrected chi connectivity index (χ2v) is 6.13. The van der Waals surface area contributed by atoms with Crippen molar-refractivity contribution < 1.29 is 14.0 Å². The Bertz CT molecular complexity index is 759. The van der Waals surface area contributed by atoms with Gasteiger partial charge in [-0.25, -0.2) is 9.97 Å². The number of rotatable bonds is 3. The molecule has 0 unspecified atom stereocenters. The van der Waals surface area contributed by atoms with Gasteiger partial charge in [0.1, 0.15) is 5.69 Å². The van der Waals surface area contributed by atoms with Gasteiger partial charge < -0.3 is 14.6 Å². The lowest BCUT2D eigenvalue weighted by Gasteiger charge is -2.19. The van der Waals surface area contributed by atoms with Gasteiger partial charge in [-0.2, -0.15) is 0 Å². The normalized spacial score (nSPS) is 17.8. The Morgan fingerprint density at radius 2 is 2.08 bits per heavy atom. The summed E-state index contributed by atoms with van der Waals surface area (Å²) >= 11 is 0. The van der Waals surface area contributed by atoms with Gasteiger partial charge in [-0.15, -0.1) is 0 Å². The Labute approximate surface area is 145 Å². The highest BCUT2D eigenvalue weighted by Gasteiger charge is 2.26. The van der Waals surface area contributed by atoms with Crippen LogP contribution in [0.4, 0.5) is 0 Å². The van der Waals surface area contributed by atoms with Crippen LogP contribution in [0.1, 0.15) is 51.9 Å². The fraction of sp³-hybridized carbons (Fsp3) is 0.471. The van der Waals surface area contributed by atoms with Crippen molar-refractivity contribution in [2.24, 2.45) is 0 Å².